The zero-order chi connectivity index (χ0) is 23.0. The van der Waals surface area contributed by atoms with Crippen LogP contribution in [0.15, 0.2) is 24.5 Å². The van der Waals surface area contributed by atoms with Crippen molar-refractivity contribution < 1.29 is 14.4 Å². The van der Waals surface area contributed by atoms with E-state index in [9.17, 15) is 14.4 Å². The van der Waals surface area contributed by atoms with Gasteiger partial charge in [-0.1, -0.05) is 6.07 Å². The molecular weight excluding hydrogens is 408 g/mol. The maximum atomic E-state index is 13.1. The molecule has 2 aromatic heterocycles. The molecule has 0 N–H and O–H groups in total. The number of pyridine rings is 2. The van der Waals surface area contributed by atoms with Crippen LogP contribution in [0.25, 0.3) is 0 Å². The lowest BCUT2D eigenvalue weighted by Crippen LogP contribution is -2.49. The predicted molar refractivity (Wildman–Crippen MR) is 121 cm³/mol. The molecule has 32 heavy (non-hydrogen) atoms. The van der Waals surface area contributed by atoms with Crippen LogP contribution < -0.4 is 9.80 Å². The normalized spacial score (nSPS) is 16.7. The summed E-state index contributed by atoms with van der Waals surface area (Å²) in [5.74, 6) is 1.09. The van der Waals surface area contributed by atoms with Crippen molar-refractivity contribution in [1.82, 2.24) is 19.8 Å². The molecule has 2 saturated heterocycles. The topological polar surface area (TPSA) is 90.0 Å². The molecule has 0 spiro atoms. The monoisotopic (exact) mass is 436 g/mol. The molecule has 0 aliphatic carbocycles. The fraction of sp³-hybridized carbons (Fsp3) is 0.435. The first-order chi connectivity index (χ1) is 15.3. The van der Waals surface area contributed by atoms with E-state index >= 15 is 0 Å². The molecule has 168 valence electrons. The lowest BCUT2D eigenvalue weighted by molar-refractivity contribution is -0.125. The molecule has 4 amide bonds. The minimum Gasteiger partial charge on any atom is -0.353 e. The van der Waals surface area contributed by atoms with Gasteiger partial charge in [0.15, 0.2) is 0 Å². The highest BCUT2D eigenvalue weighted by molar-refractivity contribution is 6.04. The second-order valence-electron chi connectivity index (χ2n) is 8.39. The predicted octanol–water partition coefficient (Wildman–Crippen LogP) is 2.15. The number of carbonyl (C=O) groups excluding carboxylic acids is 3. The number of nitrogens with zero attached hydrogens (tertiary/aromatic N) is 6. The van der Waals surface area contributed by atoms with Gasteiger partial charge in [0.2, 0.25) is 5.91 Å². The fourth-order valence-corrected chi connectivity index (χ4v) is 4.29. The van der Waals surface area contributed by atoms with Crippen LogP contribution in [0.5, 0.6) is 0 Å². The van der Waals surface area contributed by atoms with Crippen LogP contribution in [0.3, 0.4) is 0 Å². The number of hydrogen-bond donors (Lipinski definition) is 0. The number of imide groups is 1. The summed E-state index contributed by atoms with van der Waals surface area (Å²) in [6.07, 6.45) is 3.41. The zero-order valence-electron chi connectivity index (χ0n) is 19.0. The Hall–Kier alpha value is -3.49. The van der Waals surface area contributed by atoms with E-state index in [-0.39, 0.29) is 17.8 Å². The smallest absolute Gasteiger partial charge is 0.332 e. The van der Waals surface area contributed by atoms with Crippen molar-refractivity contribution in [2.45, 2.75) is 27.7 Å². The van der Waals surface area contributed by atoms with Crippen LogP contribution in [0.2, 0.25) is 0 Å². The maximum Gasteiger partial charge on any atom is 0.332 e. The highest BCUT2D eigenvalue weighted by Crippen LogP contribution is 2.23. The Bertz CT molecular complexity index is 1080. The SMILES string of the molecule is CC(=O)N1CCN(c2cc(C)c(C(=O)N3CCN(c4ncc(C)cc4C)CC3)cn2)C1=O. The summed E-state index contributed by atoms with van der Waals surface area (Å²) in [5, 5.41) is 0. The molecule has 9 heteroatoms. The number of aryl methyl sites for hydroxylation is 3. The molecule has 0 aromatic carbocycles. The standard InChI is InChI=1S/C23H28N6O3/c1-15-11-17(3)21(25-13-15)26-5-7-27(8-6-26)22(31)19-14-24-20(12-16(19)2)29-10-9-28(18(4)30)23(29)32/h11-14H,5-10H2,1-4H3. The third kappa shape index (κ3) is 4.02. The van der Waals surface area contributed by atoms with Crippen molar-refractivity contribution in [3.63, 3.8) is 0 Å². The van der Waals surface area contributed by atoms with Crippen LogP contribution in [0, 0.1) is 20.8 Å². The van der Waals surface area contributed by atoms with Gasteiger partial charge in [-0.05, 0) is 43.5 Å². The Labute approximate surface area is 187 Å². The Morgan fingerprint density at radius 2 is 1.59 bits per heavy atom. The quantitative estimate of drug-likeness (QED) is 0.732. The molecule has 0 bridgehead atoms. The van der Waals surface area contributed by atoms with E-state index in [1.807, 2.05) is 24.9 Å². The number of piperazine rings is 1. The highest BCUT2D eigenvalue weighted by atomic mass is 16.2. The molecule has 0 atom stereocenters. The van der Waals surface area contributed by atoms with Crippen molar-refractivity contribution >= 4 is 29.5 Å². The minimum atomic E-state index is -0.375. The molecular formula is C23H28N6O3. The Balaban J connectivity index is 1.43. The number of rotatable bonds is 3. The summed E-state index contributed by atoms with van der Waals surface area (Å²) in [6, 6.07) is 3.49. The summed E-state index contributed by atoms with van der Waals surface area (Å²) in [6.45, 7) is 10.7. The van der Waals surface area contributed by atoms with Gasteiger partial charge in [0, 0.05) is 58.6 Å². The molecule has 2 aromatic rings. The number of carbonyl (C=O) groups is 3. The summed E-state index contributed by atoms with van der Waals surface area (Å²) in [5.41, 5.74) is 3.56. The van der Waals surface area contributed by atoms with Gasteiger partial charge in [0.05, 0.1) is 5.56 Å². The van der Waals surface area contributed by atoms with Gasteiger partial charge < -0.3 is 9.80 Å². The second-order valence-corrected chi connectivity index (χ2v) is 8.39. The van der Waals surface area contributed by atoms with Crippen LogP contribution in [-0.4, -0.2) is 76.9 Å². The van der Waals surface area contributed by atoms with Gasteiger partial charge in [0.25, 0.3) is 5.91 Å². The van der Waals surface area contributed by atoms with Gasteiger partial charge in [-0.2, -0.15) is 0 Å². The molecule has 2 aliphatic heterocycles. The first kappa shape index (κ1) is 21.7. The van der Waals surface area contributed by atoms with Gasteiger partial charge in [0.1, 0.15) is 11.6 Å². The van der Waals surface area contributed by atoms with Crippen molar-refractivity contribution in [3.8, 4) is 0 Å². The molecule has 0 radical (unpaired) electrons. The largest absolute Gasteiger partial charge is 0.353 e. The lowest BCUT2D eigenvalue weighted by Gasteiger charge is -2.36. The van der Waals surface area contributed by atoms with E-state index < -0.39 is 0 Å². The van der Waals surface area contributed by atoms with Gasteiger partial charge in [-0.25, -0.2) is 14.8 Å². The number of anilines is 2. The fourth-order valence-electron chi connectivity index (χ4n) is 4.29. The van der Waals surface area contributed by atoms with Gasteiger partial charge >= 0.3 is 6.03 Å². The molecule has 2 fully saturated rings. The van der Waals surface area contributed by atoms with E-state index in [2.05, 4.69) is 27.9 Å². The first-order valence-electron chi connectivity index (χ1n) is 10.8. The summed E-state index contributed by atoms with van der Waals surface area (Å²) in [4.78, 5) is 52.8. The number of aromatic nitrogens is 2. The molecule has 4 heterocycles. The lowest BCUT2D eigenvalue weighted by atomic mass is 10.1. The Morgan fingerprint density at radius 3 is 2.19 bits per heavy atom. The zero-order valence-corrected chi connectivity index (χ0v) is 19.0. The highest BCUT2D eigenvalue weighted by Gasteiger charge is 2.33. The number of amides is 4. The van der Waals surface area contributed by atoms with Crippen LogP contribution >= 0.6 is 0 Å². The first-order valence-corrected chi connectivity index (χ1v) is 10.8. The van der Waals surface area contributed by atoms with Crippen molar-refractivity contribution in [2.24, 2.45) is 0 Å². The van der Waals surface area contributed by atoms with E-state index in [0.717, 1.165) is 35.6 Å². The molecule has 0 saturated carbocycles. The summed E-state index contributed by atoms with van der Waals surface area (Å²) >= 11 is 0. The number of hydrogen-bond acceptors (Lipinski definition) is 6. The van der Waals surface area contributed by atoms with Gasteiger partial charge in [-0.3, -0.25) is 19.4 Å². The van der Waals surface area contributed by atoms with Gasteiger partial charge in [-0.15, -0.1) is 0 Å². The summed E-state index contributed by atoms with van der Waals surface area (Å²) in [7, 11) is 0. The Kier molecular flexibility index (Phi) is 5.82. The second kappa shape index (κ2) is 8.57. The van der Waals surface area contributed by atoms with E-state index in [0.29, 0.717) is 37.6 Å². The van der Waals surface area contributed by atoms with Crippen molar-refractivity contribution in [2.75, 3.05) is 49.1 Å². The average Bonchev–Trinajstić information content (AvgIpc) is 3.15. The maximum absolute atomic E-state index is 13.1. The number of urea groups is 1. The van der Waals surface area contributed by atoms with E-state index in [4.69, 9.17) is 0 Å². The Morgan fingerprint density at radius 1 is 0.875 bits per heavy atom. The van der Waals surface area contributed by atoms with Crippen molar-refractivity contribution in [1.29, 1.82) is 0 Å². The van der Waals surface area contributed by atoms with E-state index in [1.165, 1.54) is 22.9 Å². The third-order valence-electron chi connectivity index (χ3n) is 6.05. The molecule has 9 nitrogen and oxygen atoms in total. The van der Waals surface area contributed by atoms with Crippen LogP contribution in [0.4, 0.5) is 16.4 Å². The average molecular weight is 437 g/mol. The van der Waals surface area contributed by atoms with Crippen molar-refractivity contribution in [3.05, 3.63) is 46.8 Å². The van der Waals surface area contributed by atoms with Crippen LogP contribution in [0.1, 0.15) is 34.0 Å². The summed E-state index contributed by atoms with van der Waals surface area (Å²) < 4.78 is 0. The van der Waals surface area contributed by atoms with E-state index in [1.54, 1.807) is 6.07 Å². The molecule has 2 aliphatic rings. The third-order valence-corrected chi connectivity index (χ3v) is 6.05. The molecule has 4 rings (SSSR count). The van der Waals surface area contributed by atoms with Crippen LogP contribution in [-0.2, 0) is 4.79 Å². The minimum absolute atomic E-state index is 0.0621. The molecule has 0 unspecified atom stereocenters.